The molecule has 1 N–H and O–H groups in total. The number of carboxylic acids is 1. The van der Waals surface area contributed by atoms with Crippen molar-refractivity contribution in [2.24, 2.45) is 0 Å². The van der Waals surface area contributed by atoms with Gasteiger partial charge in [-0.25, -0.2) is 13.2 Å². The molecule has 0 unspecified atom stereocenters. The molecule has 0 saturated carbocycles. The third-order valence-electron chi connectivity index (χ3n) is 2.34. The highest BCUT2D eigenvalue weighted by Crippen LogP contribution is 2.24. The van der Waals surface area contributed by atoms with E-state index in [0.29, 0.717) is 9.35 Å². The Morgan fingerprint density at radius 1 is 1.42 bits per heavy atom. The van der Waals surface area contributed by atoms with Crippen LogP contribution in [0.1, 0.15) is 15.2 Å². The first-order valence-corrected chi connectivity index (χ1v) is 8.35. The smallest absolute Gasteiger partial charge is 0.336 e. The van der Waals surface area contributed by atoms with Crippen molar-refractivity contribution in [2.75, 3.05) is 0 Å². The molecule has 100 valence electrons. The van der Waals surface area contributed by atoms with Gasteiger partial charge in [-0.15, -0.1) is 11.3 Å². The average Bonchev–Trinajstić information content (AvgIpc) is 2.80. The molecular formula is C11H8BrNO4S2. The van der Waals surface area contributed by atoms with Gasteiger partial charge in [-0.05, 0) is 34.1 Å². The number of hydrogen-bond acceptors (Lipinski definition) is 5. The molecule has 1 aromatic heterocycles. The lowest BCUT2D eigenvalue weighted by Gasteiger charge is -2.05. The Morgan fingerprint density at radius 2 is 2.16 bits per heavy atom. The number of carboxylic acid groups (broad SMARTS) is 1. The summed E-state index contributed by atoms with van der Waals surface area (Å²) < 4.78 is 24.7. The molecule has 19 heavy (non-hydrogen) atoms. The zero-order valence-electron chi connectivity index (χ0n) is 9.41. The summed E-state index contributed by atoms with van der Waals surface area (Å²) in [6.07, 6.45) is 1.49. The van der Waals surface area contributed by atoms with Gasteiger partial charge in [0.25, 0.3) is 0 Å². The first kappa shape index (κ1) is 14.2. The molecule has 5 nitrogen and oxygen atoms in total. The highest BCUT2D eigenvalue weighted by atomic mass is 79.9. The quantitative estimate of drug-likeness (QED) is 0.904. The minimum absolute atomic E-state index is 0.0125. The molecule has 8 heteroatoms. The fourth-order valence-corrected chi connectivity index (χ4v) is 4.17. The van der Waals surface area contributed by atoms with Crippen LogP contribution in [0.5, 0.6) is 0 Å². The molecule has 0 spiro atoms. The summed E-state index contributed by atoms with van der Waals surface area (Å²) in [7, 11) is -3.57. The maximum Gasteiger partial charge on any atom is 0.336 e. The highest BCUT2D eigenvalue weighted by molar-refractivity contribution is 9.10. The van der Waals surface area contributed by atoms with E-state index in [4.69, 9.17) is 5.11 Å². The van der Waals surface area contributed by atoms with Crippen LogP contribution in [0.3, 0.4) is 0 Å². The molecule has 1 aromatic carbocycles. The average molecular weight is 362 g/mol. The molecule has 0 aliphatic carbocycles. The van der Waals surface area contributed by atoms with Crippen molar-refractivity contribution < 1.29 is 18.3 Å². The maximum absolute atomic E-state index is 12.2. The number of aromatic carboxylic acids is 1. The van der Waals surface area contributed by atoms with Gasteiger partial charge in [-0.2, -0.15) is 0 Å². The minimum atomic E-state index is -3.57. The number of sulfone groups is 1. The first-order valence-electron chi connectivity index (χ1n) is 5.03. The lowest BCUT2D eigenvalue weighted by molar-refractivity contribution is 0.0695. The van der Waals surface area contributed by atoms with E-state index < -0.39 is 15.8 Å². The molecule has 0 radical (unpaired) electrons. The Hall–Kier alpha value is -1.25. The Kier molecular flexibility index (Phi) is 4.02. The summed E-state index contributed by atoms with van der Waals surface area (Å²) in [4.78, 5) is 15.4. The third-order valence-corrected chi connectivity index (χ3v) is 5.66. The van der Waals surface area contributed by atoms with E-state index in [0.717, 1.165) is 6.07 Å². The van der Waals surface area contributed by atoms with Crippen LogP contribution in [0.25, 0.3) is 0 Å². The molecule has 0 aliphatic rings. The number of carbonyl (C=O) groups is 1. The minimum Gasteiger partial charge on any atom is -0.478 e. The van der Waals surface area contributed by atoms with E-state index in [1.165, 1.54) is 29.7 Å². The van der Waals surface area contributed by atoms with Crippen LogP contribution >= 0.6 is 27.3 Å². The lowest BCUT2D eigenvalue weighted by Crippen LogP contribution is -2.06. The summed E-state index contributed by atoms with van der Waals surface area (Å²) in [5.41, 5.74) is 1.47. The van der Waals surface area contributed by atoms with Crippen molar-refractivity contribution in [3.8, 4) is 0 Å². The van der Waals surface area contributed by atoms with E-state index in [1.807, 2.05) is 0 Å². The summed E-state index contributed by atoms with van der Waals surface area (Å²) in [6.45, 7) is 0. The molecular weight excluding hydrogens is 354 g/mol. The second-order valence-corrected chi connectivity index (χ2v) is 7.49. The zero-order chi connectivity index (χ0) is 14.0. The van der Waals surface area contributed by atoms with Gasteiger partial charge in [-0.3, -0.25) is 4.98 Å². The summed E-state index contributed by atoms with van der Waals surface area (Å²) in [6, 6.07) is 3.96. The van der Waals surface area contributed by atoms with Gasteiger partial charge in [0.05, 0.1) is 21.7 Å². The third kappa shape index (κ3) is 3.20. The maximum atomic E-state index is 12.2. The molecule has 0 fully saturated rings. The van der Waals surface area contributed by atoms with Crippen molar-refractivity contribution in [3.63, 3.8) is 0 Å². The van der Waals surface area contributed by atoms with Crippen molar-refractivity contribution >= 4 is 43.1 Å². The summed E-state index contributed by atoms with van der Waals surface area (Å²) >= 11 is 4.32. The molecule has 2 aromatic rings. The van der Waals surface area contributed by atoms with E-state index in [9.17, 15) is 13.2 Å². The monoisotopic (exact) mass is 361 g/mol. The van der Waals surface area contributed by atoms with E-state index in [-0.39, 0.29) is 16.2 Å². The van der Waals surface area contributed by atoms with Crippen LogP contribution in [0, 0.1) is 0 Å². The van der Waals surface area contributed by atoms with Crippen LogP contribution in [-0.4, -0.2) is 24.5 Å². The molecule has 1 heterocycles. The van der Waals surface area contributed by atoms with Crippen molar-refractivity contribution in [1.82, 2.24) is 4.98 Å². The van der Waals surface area contributed by atoms with Gasteiger partial charge in [-0.1, -0.05) is 0 Å². The highest BCUT2D eigenvalue weighted by Gasteiger charge is 2.19. The summed E-state index contributed by atoms with van der Waals surface area (Å²) in [5, 5.41) is 8.98. The number of thiazole rings is 1. The van der Waals surface area contributed by atoms with E-state index in [2.05, 4.69) is 20.9 Å². The topological polar surface area (TPSA) is 84.3 Å². The van der Waals surface area contributed by atoms with Crippen LogP contribution in [-0.2, 0) is 15.6 Å². The first-order chi connectivity index (χ1) is 8.90. The number of halogens is 1. The van der Waals surface area contributed by atoms with Gasteiger partial charge in [0.15, 0.2) is 9.84 Å². The Balaban J connectivity index is 2.41. The van der Waals surface area contributed by atoms with Gasteiger partial charge >= 0.3 is 5.97 Å². The Morgan fingerprint density at radius 3 is 2.74 bits per heavy atom. The lowest BCUT2D eigenvalue weighted by atomic mass is 10.2. The molecule has 0 atom stereocenters. The van der Waals surface area contributed by atoms with Gasteiger partial charge in [0, 0.05) is 15.5 Å². The fraction of sp³-hybridized carbons (Fsp3) is 0.0909. The fourth-order valence-electron chi connectivity index (χ4n) is 1.45. The standard InChI is InChI=1S/C11H8BrNO4S2/c12-10-2-1-8(3-9(10)11(14)15)19(16,17)5-7-4-13-6-18-7/h1-4,6H,5H2,(H,14,15). The number of hydrogen-bond donors (Lipinski definition) is 1. The van der Waals surface area contributed by atoms with Crippen LogP contribution < -0.4 is 0 Å². The summed E-state index contributed by atoms with van der Waals surface area (Å²) in [5.74, 6) is -1.36. The van der Waals surface area contributed by atoms with E-state index in [1.54, 1.807) is 5.51 Å². The molecule has 2 rings (SSSR count). The molecule has 0 aliphatic heterocycles. The largest absolute Gasteiger partial charge is 0.478 e. The number of benzene rings is 1. The zero-order valence-corrected chi connectivity index (χ0v) is 12.6. The second-order valence-electron chi connectivity index (χ2n) is 3.67. The SMILES string of the molecule is O=C(O)c1cc(S(=O)(=O)Cc2cncs2)ccc1Br. The molecule has 0 bridgehead atoms. The normalized spacial score (nSPS) is 11.4. The molecule has 0 amide bonds. The van der Waals surface area contributed by atoms with Crippen LogP contribution in [0.15, 0.2) is 39.3 Å². The van der Waals surface area contributed by atoms with Crippen molar-refractivity contribution in [3.05, 3.63) is 44.8 Å². The number of nitrogens with zero attached hydrogens (tertiary/aromatic N) is 1. The van der Waals surface area contributed by atoms with Gasteiger partial charge < -0.3 is 5.11 Å². The number of rotatable bonds is 4. The predicted molar refractivity (Wildman–Crippen MR) is 74.1 cm³/mol. The van der Waals surface area contributed by atoms with Crippen LogP contribution in [0.2, 0.25) is 0 Å². The Bertz CT molecular complexity index is 710. The molecule has 0 saturated heterocycles. The van der Waals surface area contributed by atoms with Crippen molar-refractivity contribution in [2.45, 2.75) is 10.6 Å². The Labute approximate surface area is 122 Å². The second kappa shape index (κ2) is 5.40. The predicted octanol–water partition coefficient (Wildman–Crippen LogP) is 2.58. The van der Waals surface area contributed by atoms with Gasteiger partial charge in [0.1, 0.15) is 0 Å². The van der Waals surface area contributed by atoms with Crippen molar-refractivity contribution in [1.29, 1.82) is 0 Å². The number of aromatic nitrogens is 1. The van der Waals surface area contributed by atoms with E-state index >= 15 is 0 Å². The van der Waals surface area contributed by atoms with Gasteiger partial charge in [0.2, 0.25) is 0 Å². The van der Waals surface area contributed by atoms with Crippen LogP contribution in [0.4, 0.5) is 0 Å².